The van der Waals surface area contributed by atoms with E-state index >= 15 is 0 Å². The molecule has 3 N–H and O–H groups in total. The van der Waals surface area contributed by atoms with Crippen LogP contribution in [0.1, 0.15) is 26.3 Å². The Morgan fingerprint density at radius 3 is 2.30 bits per heavy atom. The van der Waals surface area contributed by atoms with Gasteiger partial charge in [-0.25, -0.2) is 0 Å². The minimum atomic E-state index is -4.58. The van der Waals surface area contributed by atoms with Crippen LogP contribution in [-0.4, -0.2) is 11.9 Å². The largest absolute Gasteiger partial charge is 0.417 e. The van der Waals surface area contributed by atoms with E-state index in [1.54, 1.807) is 20.8 Å². The Kier molecular flexibility index (Phi) is 4.71. The molecule has 0 saturated carbocycles. The summed E-state index contributed by atoms with van der Waals surface area (Å²) in [4.78, 5) is 11.9. The fourth-order valence-electron chi connectivity index (χ4n) is 1.43. The normalized spacial score (nSPS) is 14.0. The highest BCUT2D eigenvalue weighted by Crippen LogP contribution is 2.36. The number of benzene rings is 1. The third kappa shape index (κ3) is 4.11. The molecule has 3 nitrogen and oxygen atoms in total. The number of nitrogens with one attached hydrogen (secondary N) is 1. The zero-order valence-corrected chi connectivity index (χ0v) is 12.1. The van der Waals surface area contributed by atoms with Crippen LogP contribution in [-0.2, 0) is 11.0 Å². The van der Waals surface area contributed by atoms with E-state index in [-0.39, 0.29) is 5.69 Å². The standard InChI is InChI=1S/C13H16ClF3N2O/c1-12(2,3)10(18)11(20)19-7-4-5-9(14)8(6-7)13(15,16)17/h4-6,10H,18H2,1-3H3,(H,19,20). The van der Waals surface area contributed by atoms with Crippen molar-refractivity contribution in [3.05, 3.63) is 28.8 Å². The Hall–Kier alpha value is -1.27. The van der Waals surface area contributed by atoms with E-state index in [0.717, 1.165) is 12.1 Å². The van der Waals surface area contributed by atoms with E-state index in [1.165, 1.54) is 6.07 Å². The van der Waals surface area contributed by atoms with Gasteiger partial charge in [-0.3, -0.25) is 4.79 Å². The lowest BCUT2D eigenvalue weighted by molar-refractivity contribution is -0.137. The van der Waals surface area contributed by atoms with Gasteiger partial charge in [0.1, 0.15) is 0 Å². The van der Waals surface area contributed by atoms with Gasteiger partial charge in [0.25, 0.3) is 0 Å². The maximum atomic E-state index is 12.7. The van der Waals surface area contributed by atoms with Crippen LogP contribution in [0.5, 0.6) is 0 Å². The molecule has 0 spiro atoms. The second kappa shape index (κ2) is 5.61. The topological polar surface area (TPSA) is 55.1 Å². The highest BCUT2D eigenvalue weighted by molar-refractivity contribution is 6.31. The minimum Gasteiger partial charge on any atom is -0.325 e. The number of carbonyl (C=O) groups is 1. The molecule has 1 rings (SSSR count). The molecule has 0 aliphatic carbocycles. The number of hydrogen-bond acceptors (Lipinski definition) is 2. The minimum absolute atomic E-state index is 0.00595. The summed E-state index contributed by atoms with van der Waals surface area (Å²) in [6.07, 6.45) is -4.58. The van der Waals surface area contributed by atoms with Crippen molar-refractivity contribution in [2.24, 2.45) is 11.1 Å². The first kappa shape index (κ1) is 16.8. The fourth-order valence-corrected chi connectivity index (χ4v) is 1.66. The summed E-state index contributed by atoms with van der Waals surface area (Å²) in [7, 11) is 0. The maximum Gasteiger partial charge on any atom is 0.417 e. The number of amides is 1. The molecule has 0 aliphatic rings. The lowest BCUT2D eigenvalue weighted by atomic mass is 9.87. The lowest BCUT2D eigenvalue weighted by Crippen LogP contribution is -2.45. The third-order valence-corrected chi connectivity index (χ3v) is 3.08. The van der Waals surface area contributed by atoms with Gasteiger partial charge >= 0.3 is 6.18 Å². The third-order valence-electron chi connectivity index (χ3n) is 2.75. The number of rotatable bonds is 2. The van der Waals surface area contributed by atoms with Crippen molar-refractivity contribution >= 4 is 23.2 Å². The molecule has 1 aromatic rings. The molecule has 0 aliphatic heterocycles. The predicted molar refractivity (Wildman–Crippen MR) is 72.5 cm³/mol. The first-order valence-electron chi connectivity index (χ1n) is 5.86. The second-order valence-corrected chi connectivity index (χ2v) is 5.93. The van der Waals surface area contributed by atoms with E-state index in [2.05, 4.69) is 5.32 Å². The molecule has 1 aromatic carbocycles. The first-order chi connectivity index (χ1) is 8.93. The summed E-state index contributed by atoms with van der Waals surface area (Å²) in [5.74, 6) is -0.548. The monoisotopic (exact) mass is 308 g/mol. The summed E-state index contributed by atoms with van der Waals surface area (Å²) < 4.78 is 38.1. The number of nitrogens with two attached hydrogens (primary N) is 1. The average Bonchev–Trinajstić information content (AvgIpc) is 2.27. The Morgan fingerprint density at radius 1 is 1.30 bits per heavy atom. The molecule has 0 fully saturated rings. The molecule has 0 heterocycles. The van der Waals surface area contributed by atoms with Gasteiger partial charge < -0.3 is 11.1 Å². The van der Waals surface area contributed by atoms with Crippen LogP contribution in [0, 0.1) is 5.41 Å². The van der Waals surface area contributed by atoms with Gasteiger partial charge in [0.15, 0.2) is 0 Å². The highest BCUT2D eigenvalue weighted by Gasteiger charge is 2.34. The van der Waals surface area contributed by atoms with Gasteiger partial charge in [-0.15, -0.1) is 0 Å². The summed E-state index contributed by atoms with van der Waals surface area (Å²) in [5.41, 5.74) is 4.25. The van der Waals surface area contributed by atoms with Crippen LogP contribution in [0.25, 0.3) is 0 Å². The van der Waals surface area contributed by atoms with Crippen LogP contribution >= 0.6 is 11.6 Å². The predicted octanol–water partition coefficient (Wildman–Crippen LogP) is 3.67. The van der Waals surface area contributed by atoms with E-state index in [1.807, 2.05) is 0 Å². The van der Waals surface area contributed by atoms with Gasteiger partial charge in [-0.2, -0.15) is 13.2 Å². The highest BCUT2D eigenvalue weighted by atomic mass is 35.5. The number of carbonyl (C=O) groups excluding carboxylic acids is 1. The Morgan fingerprint density at radius 2 is 1.85 bits per heavy atom. The SMILES string of the molecule is CC(C)(C)C(N)C(=O)Nc1ccc(Cl)c(C(F)(F)F)c1. The fraction of sp³-hybridized carbons (Fsp3) is 0.462. The van der Waals surface area contributed by atoms with Crippen molar-refractivity contribution in [3.8, 4) is 0 Å². The van der Waals surface area contributed by atoms with Crippen molar-refractivity contribution in [2.75, 3.05) is 5.32 Å². The quantitative estimate of drug-likeness (QED) is 0.876. The molecule has 0 saturated heterocycles. The van der Waals surface area contributed by atoms with Crippen LogP contribution in [0.4, 0.5) is 18.9 Å². The van der Waals surface area contributed by atoms with E-state index < -0.39 is 34.1 Å². The van der Waals surface area contributed by atoms with E-state index in [9.17, 15) is 18.0 Å². The van der Waals surface area contributed by atoms with Gasteiger partial charge in [0.05, 0.1) is 16.6 Å². The van der Waals surface area contributed by atoms with Crippen molar-refractivity contribution < 1.29 is 18.0 Å². The Labute approximate surface area is 120 Å². The first-order valence-corrected chi connectivity index (χ1v) is 6.24. The number of anilines is 1. The molecule has 0 aromatic heterocycles. The van der Waals surface area contributed by atoms with Crippen molar-refractivity contribution in [1.29, 1.82) is 0 Å². The number of alkyl halides is 3. The van der Waals surface area contributed by atoms with Gasteiger partial charge in [-0.1, -0.05) is 32.4 Å². The van der Waals surface area contributed by atoms with Crippen LogP contribution < -0.4 is 11.1 Å². The average molecular weight is 309 g/mol. The van der Waals surface area contributed by atoms with Crippen molar-refractivity contribution in [2.45, 2.75) is 33.0 Å². The summed E-state index contributed by atoms with van der Waals surface area (Å²) in [5, 5.41) is 1.94. The number of halogens is 4. The second-order valence-electron chi connectivity index (χ2n) is 5.53. The number of hydrogen-bond donors (Lipinski definition) is 2. The van der Waals surface area contributed by atoms with Gasteiger partial charge in [0.2, 0.25) is 5.91 Å². The molecule has 0 bridgehead atoms. The van der Waals surface area contributed by atoms with Crippen LogP contribution in [0.15, 0.2) is 18.2 Å². The van der Waals surface area contributed by atoms with Gasteiger partial charge in [-0.05, 0) is 23.6 Å². The zero-order chi connectivity index (χ0) is 15.7. The van der Waals surface area contributed by atoms with Crippen LogP contribution in [0.2, 0.25) is 5.02 Å². The van der Waals surface area contributed by atoms with Crippen molar-refractivity contribution in [3.63, 3.8) is 0 Å². The summed E-state index contributed by atoms with van der Waals surface area (Å²) in [6, 6.07) is 2.33. The Balaban J connectivity index is 2.98. The molecular weight excluding hydrogens is 293 g/mol. The maximum absolute atomic E-state index is 12.7. The zero-order valence-electron chi connectivity index (χ0n) is 11.3. The molecule has 0 radical (unpaired) electrons. The summed E-state index contributed by atoms with van der Waals surface area (Å²) >= 11 is 5.50. The Bertz CT molecular complexity index is 509. The van der Waals surface area contributed by atoms with E-state index in [0.29, 0.717) is 0 Å². The smallest absolute Gasteiger partial charge is 0.325 e. The molecule has 1 amide bonds. The van der Waals surface area contributed by atoms with Crippen LogP contribution in [0.3, 0.4) is 0 Å². The summed E-state index contributed by atoms with van der Waals surface area (Å²) in [6.45, 7) is 5.29. The molecular formula is C13H16ClF3N2O. The molecule has 1 unspecified atom stereocenters. The molecule has 7 heteroatoms. The molecule has 112 valence electrons. The van der Waals surface area contributed by atoms with Gasteiger partial charge in [0, 0.05) is 5.69 Å². The molecule has 1 atom stereocenters. The van der Waals surface area contributed by atoms with Crippen molar-refractivity contribution in [1.82, 2.24) is 0 Å². The molecule has 20 heavy (non-hydrogen) atoms. The lowest BCUT2D eigenvalue weighted by Gasteiger charge is -2.26. The van der Waals surface area contributed by atoms with E-state index in [4.69, 9.17) is 17.3 Å².